The molecule has 0 radical (unpaired) electrons. The molecule has 1 heterocycles. The van der Waals surface area contributed by atoms with Crippen molar-refractivity contribution in [1.82, 2.24) is 0 Å². The Balaban J connectivity index is 1.68. The van der Waals surface area contributed by atoms with Gasteiger partial charge in [0, 0.05) is 18.6 Å². The molecule has 1 saturated carbocycles. The van der Waals surface area contributed by atoms with Gasteiger partial charge in [0.05, 0.1) is 10.7 Å². The zero-order valence-corrected chi connectivity index (χ0v) is 12.0. The number of ether oxygens (including phenoxy) is 2. The molecule has 0 unspecified atom stereocenters. The molecule has 4 nitrogen and oxygen atoms in total. The summed E-state index contributed by atoms with van der Waals surface area (Å²) in [6.07, 6.45) is 5.36. The van der Waals surface area contributed by atoms with E-state index in [1.54, 1.807) is 12.1 Å². The maximum absolute atomic E-state index is 12.0. The molecule has 0 aromatic heterocycles. The Bertz CT molecular complexity index is 512. The molecule has 1 N–H and O–H groups in total. The Kier molecular flexibility index (Phi) is 4.01. The van der Waals surface area contributed by atoms with Gasteiger partial charge in [-0.25, -0.2) is 0 Å². The van der Waals surface area contributed by atoms with Crippen LogP contribution < -0.4 is 14.8 Å². The lowest BCUT2D eigenvalue weighted by Crippen LogP contribution is -2.17. The third-order valence-corrected chi connectivity index (χ3v) is 4.17. The summed E-state index contributed by atoms with van der Waals surface area (Å²) in [5, 5.41) is 3.36. The van der Waals surface area contributed by atoms with E-state index >= 15 is 0 Å². The molecule has 0 atom stereocenters. The standard InChI is InChI=1S/C15H18ClNO3/c16-11-8-13-14(20-6-5-19-13)9-12(11)17-15(18)7-10-3-1-2-4-10/h8-10H,1-7H2,(H,17,18). The molecule has 1 aliphatic heterocycles. The van der Waals surface area contributed by atoms with E-state index in [0.29, 0.717) is 47.8 Å². The van der Waals surface area contributed by atoms with Crippen molar-refractivity contribution in [2.24, 2.45) is 5.92 Å². The minimum Gasteiger partial charge on any atom is -0.486 e. The number of fused-ring (bicyclic) bond motifs is 1. The highest BCUT2D eigenvalue weighted by Crippen LogP contribution is 2.38. The molecule has 1 amide bonds. The zero-order chi connectivity index (χ0) is 13.9. The third-order valence-electron chi connectivity index (χ3n) is 3.85. The van der Waals surface area contributed by atoms with E-state index in [4.69, 9.17) is 21.1 Å². The van der Waals surface area contributed by atoms with Crippen molar-refractivity contribution >= 4 is 23.2 Å². The van der Waals surface area contributed by atoms with Crippen LogP contribution in [-0.4, -0.2) is 19.1 Å². The second kappa shape index (κ2) is 5.92. The first-order valence-corrected chi connectivity index (χ1v) is 7.49. The van der Waals surface area contributed by atoms with Gasteiger partial charge in [-0.05, 0) is 18.8 Å². The van der Waals surface area contributed by atoms with Gasteiger partial charge in [-0.2, -0.15) is 0 Å². The first kappa shape index (κ1) is 13.6. The Morgan fingerprint density at radius 1 is 1.20 bits per heavy atom. The second-order valence-electron chi connectivity index (χ2n) is 5.38. The number of rotatable bonds is 3. The maximum Gasteiger partial charge on any atom is 0.224 e. The largest absolute Gasteiger partial charge is 0.486 e. The van der Waals surface area contributed by atoms with E-state index in [9.17, 15) is 4.79 Å². The smallest absolute Gasteiger partial charge is 0.224 e. The SMILES string of the molecule is O=C(CC1CCCC1)Nc1cc2c(cc1Cl)OCCO2. The fraction of sp³-hybridized carbons (Fsp3) is 0.533. The van der Waals surface area contributed by atoms with Gasteiger partial charge in [0.25, 0.3) is 0 Å². The van der Waals surface area contributed by atoms with Crippen LogP contribution in [0.5, 0.6) is 11.5 Å². The monoisotopic (exact) mass is 295 g/mol. The lowest BCUT2D eigenvalue weighted by molar-refractivity contribution is -0.117. The van der Waals surface area contributed by atoms with Crippen molar-refractivity contribution in [3.05, 3.63) is 17.2 Å². The molecule has 5 heteroatoms. The number of hydrogen-bond donors (Lipinski definition) is 1. The van der Waals surface area contributed by atoms with Gasteiger partial charge < -0.3 is 14.8 Å². The van der Waals surface area contributed by atoms with Gasteiger partial charge in [-0.15, -0.1) is 0 Å². The topological polar surface area (TPSA) is 47.6 Å². The fourth-order valence-electron chi connectivity index (χ4n) is 2.84. The molecule has 3 rings (SSSR count). The molecule has 1 aromatic carbocycles. The molecule has 2 aliphatic rings. The highest BCUT2D eigenvalue weighted by Gasteiger charge is 2.20. The summed E-state index contributed by atoms with van der Waals surface area (Å²) in [7, 11) is 0. The van der Waals surface area contributed by atoms with E-state index in [1.165, 1.54) is 12.8 Å². The number of carbonyl (C=O) groups excluding carboxylic acids is 1. The highest BCUT2D eigenvalue weighted by molar-refractivity contribution is 6.34. The summed E-state index contributed by atoms with van der Waals surface area (Å²) in [5.41, 5.74) is 0.596. The van der Waals surface area contributed by atoms with Crippen molar-refractivity contribution < 1.29 is 14.3 Å². The predicted octanol–water partition coefficient (Wildman–Crippen LogP) is 3.63. The number of halogens is 1. The Morgan fingerprint density at radius 3 is 2.55 bits per heavy atom. The van der Waals surface area contributed by atoms with Crippen LogP contribution in [0.2, 0.25) is 5.02 Å². The molecule has 0 saturated heterocycles. The van der Waals surface area contributed by atoms with E-state index in [1.807, 2.05) is 0 Å². The van der Waals surface area contributed by atoms with Crippen LogP contribution in [0.3, 0.4) is 0 Å². The maximum atomic E-state index is 12.0. The van der Waals surface area contributed by atoms with Crippen molar-refractivity contribution in [3.63, 3.8) is 0 Å². The van der Waals surface area contributed by atoms with Gasteiger partial charge in [0.2, 0.25) is 5.91 Å². The molecule has 0 spiro atoms. The van der Waals surface area contributed by atoms with Crippen molar-refractivity contribution in [1.29, 1.82) is 0 Å². The van der Waals surface area contributed by atoms with Crippen LogP contribution in [0.15, 0.2) is 12.1 Å². The van der Waals surface area contributed by atoms with Crippen molar-refractivity contribution in [3.8, 4) is 11.5 Å². The Morgan fingerprint density at radius 2 is 1.85 bits per heavy atom. The highest BCUT2D eigenvalue weighted by atomic mass is 35.5. The predicted molar refractivity (Wildman–Crippen MR) is 77.6 cm³/mol. The number of amides is 1. The summed E-state index contributed by atoms with van der Waals surface area (Å²) >= 11 is 6.17. The van der Waals surface area contributed by atoms with Gasteiger partial charge in [0.1, 0.15) is 13.2 Å². The normalized spacial score (nSPS) is 18.1. The quantitative estimate of drug-likeness (QED) is 0.926. The first-order chi connectivity index (χ1) is 9.72. The van der Waals surface area contributed by atoms with Crippen LogP contribution in [0.4, 0.5) is 5.69 Å². The van der Waals surface area contributed by atoms with Crippen LogP contribution in [0.1, 0.15) is 32.1 Å². The van der Waals surface area contributed by atoms with E-state index in [2.05, 4.69) is 5.32 Å². The van der Waals surface area contributed by atoms with Gasteiger partial charge in [0.15, 0.2) is 11.5 Å². The summed E-state index contributed by atoms with van der Waals surface area (Å²) in [5.74, 6) is 1.81. The molecule has 1 aromatic rings. The lowest BCUT2D eigenvalue weighted by atomic mass is 10.0. The lowest BCUT2D eigenvalue weighted by Gasteiger charge is -2.20. The number of benzene rings is 1. The molecule has 108 valence electrons. The molecule has 1 fully saturated rings. The van der Waals surface area contributed by atoms with Gasteiger partial charge >= 0.3 is 0 Å². The van der Waals surface area contributed by atoms with Gasteiger partial charge in [-0.3, -0.25) is 4.79 Å². The van der Waals surface area contributed by atoms with Crippen molar-refractivity contribution in [2.75, 3.05) is 18.5 Å². The molecular weight excluding hydrogens is 278 g/mol. The van der Waals surface area contributed by atoms with Crippen LogP contribution in [-0.2, 0) is 4.79 Å². The van der Waals surface area contributed by atoms with Gasteiger partial charge in [-0.1, -0.05) is 24.4 Å². The minimum absolute atomic E-state index is 0.0236. The van der Waals surface area contributed by atoms with E-state index < -0.39 is 0 Å². The van der Waals surface area contributed by atoms with E-state index in [-0.39, 0.29) is 5.91 Å². The van der Waals surface area contributed by atoms with E-state index in [0.717, 1.165) is 12.8 Å². The fourth-order valence-corrected chi connectivity index (χ4v) is 3.04. The molecule has 1 aliphatic carbocycles. The number of nitrogens with one attached hydrogen (secondary N) is 1. The molecule has 0 bridgehead atoms. The molecular formula is C15H18ClNO3. The van der Waals surface area contributed by atoms with Crippen molar-refractivity contribution in [2.45, 2.75) is 32.1 Å². The zero-order valence-electron chi connectivity index (χ0n) is 11.3. The number of anilines is 1. The summed E-state index contributed by atoms with van der Waals surface area (Å²) < 4.78 is 10.9. The molecule has 20 heavy (non-hydrogen) atoms. The van der Waals surface area contributed by atoms with Crippen LogP contribution >= 0.6 is 11.6 Å². The number of carbonyl (C=O) groups is 1. The average Bonchev–Trinajstić information content (AvgIpc) is 2.92. The first-order valence-electron chi connectivity index (χ1n) is 7.11. The Hall–Kier alpha value is -1.42. The summed E-state index contributed by atoms with van der Waals surface area (Å²) in [6, 6.07) is 3.44. The van der Waals surface area contributed by atoms with Crippen LogP contribution in [0.25, 0.3) is 0 Å². The third kappa shape index (κ3) is 3.01. The summed E-state index contributed by atoms with van der Waals surface area (Å²) in [6.45, 7) is 1.04. The minimum atomic E-state index is 0.0236. The average molecular weight is 296 g/mol. The second-order valence-corrected chi connectivity index (χ2v) is 5.79. The van der Waals surface area contributed by atoms with Crippen LogP contribution in [0, 0.1) is 5.92 Å². The summed E-state index contributed by atoms with van der Waals surface area (Å²) in [4.78, 5) is 12.0. The Labute approximate surface area is 123 Å². The number of hydrogen-bond acceptors (Lipinski definition) is 3.